The highest BCUT2D eigenvalue weighted by molar-refractivity contribution is 7.99. The minimum atomic E-state index is -0.496. The number of benzene rings is 2. The van der Waals surface area contributed by atoms with E-state index < -0.39 is 11.6 Å². The highest BCUT2D eigenvalue weighted by atomic mass is 32.2. The van der Waals surface area contributed by atoms with E-state index in [-0.39, 0.29) is 17.6 Å². The fourth-order valence-electron chi connectivity index (χ4n) is 2.61. The van der Waals surface area contributed by atoms with Gasteiger partial charge in [0.25, 0.3) is 0 Å². The number of hydrogen-bond acceptors (Lipinski definition) is 2. The van der Waals surface area contributed by atoms with Crippen LogP contribution in [0, 0.1) is 11.6 Å². The minimum absolute atomic E-state index is 0.113. The van der Waals surface area contributed by atoms with Crippen molar-refractivity contribution in [3.05, 3.63) is 65.2 Å². The molecule has 20 heavy (non-hydrogen) atoms. The highest BCUT2D eigenvalue weighted by Crippen LogP contribution is 2.39. The van der Waals surface area contributed by atoms with E-state index in [9.17, 15) is 8.78 Å². The summed E-state index contributed by atoms with van der Waals surface area (Å²) in [6.07, 6.45) is 0. The standard InChI is InChI=1S/C16H15F2NS/c1-10(16-12(17)6-4-7-13(16)18)19-14-9-20-15-8-3-2-5-11(14)15/h2-8,10,14,19H,9H2,1H3. The summed E-state index contributed by atoms with van der Waals surface area (Å²) in [5.74, 6) is -0.104. The van der Waals surface area contributed by atoms with Crippen LogP contribution < -0.4 is 5.32 Å². The molecule has 1 heterocycles. The highest BCUT2D eigenvalue weighted by Gasteiger charge is 2.26. The maximum absolute atomic E-state index is 13.8. The normalized spacial score (nSPS) is 18.9. The van der Waals surface area contributed by atoms with E-state index in [2.05, 4.69) is 17.4 Å². The molecule has 1 N–H and O–H groups in total. The van der Waals surface area contributed by atoms with Crippen LogP contribution in [-0.2, 0) is 0 Å². The van der Waals surface area contributed by atoms with Crippen LogP contribution in [-0.4, -0.2) is 5.75 Å². The van der Waals surface area contributed by atoms with Crippen molar-refractivity contribution in [2.75, 3.05) is 5.75 Å². The summed E-state index contributed by atoms with van der Waals surface area (Å²) in [4.78, 5) is 1.24. The van der Waals surface area contributed by atoms with Crippen molar-refractivity contribution >= 4 is 11.8 Å². The number of thioether (sulfide) groups is 1. The molecular weight excluding hydrogens is 276 g/mol. The molecule has 2 unspecified atom stereocenters. The van der Waals surface area contributed by atoms with Crippen LogP contribution in [0.3, 0.4) is 0 Å². The SMILES string of the molecule is CC(NC1CSc2ccccc21)c1c(F)cccc1F. The first-order chi connectivity index (χ1) is 9.66. The summed E-state index contributed by atoms with van der Waals surface area (Å²) in [5, 5.41) is 3.33. The Morgan fingerprint density at radius 3 is 2.55 bits per heavy atom. The second-order valence-electron chi connectivity index (χ2n) is 4.93. The molecule has 1 nitrogen and oxygen atoms in total. The van der Waals surface area contributed by atoms with Gasteiger partial charge in [-0.25, -0.2) is 8.78 Å². The van der Waals surface area contributed by atoms with Gasteiger partial charge in [0, 0.05) is 28.3 Å². The van der Waals surface area contributed by atoms with Crippen molar-refractivity contribution in [1.82, 2.24) is 5.32 Å². The average molecular weight is 291 g/mol. The van der Waals surface area contributed by atoms with Gasteiger partial charge in [-0.15, -0.1) is 11.8 Å². The monoisotopic (exact) mass is 291 g/mol. The molecule has 2 atom stereocenters. The maximum atomic E-state index is 13.8. The predicted molar refractivity (Wildman–Crippen MR) is 77.8 cm³/mol. The lowest BCUT2D eigenvalue weighted by Gasteiger charge is -2.21. The fraction of sp³-hybridized carbons (Fsp3) is 0.250. The molecule has 0 fully saturated rings. The van der Waals surface area contributed by atoms with Gasteiger partial charge in [-0.2, -0.15) is 0 Å². The molecule has 1 aliphatic heterocycles. The second-order valence-corrected chi connectivity index (χ2v) is 5.99. The van der Waals surface area contributed by atoms with Crippen LogP contribution in [0.4, 0.5) is 8.78 Å². The zero-order valence-electron chi connectivity index (χ0n) is 11.1. The summed E-state index contributed by atoms with van der Waals surface area (Å²) in [6, 6.07) is 11.9. The third kappa shape index (κ3) is 2.45. The quantitative estimate of drug-likeness (QED) is 0.896. The van der Waals surface area contributed by atoms with E-state index in [0.29, 0.717) is 0 Å². The second kappa shape index (κ2) is 5.54. The van der Waals surface area contributed by atoms with Crippen LogP contribution in [0.15, 0.2) is 47.4 Å². The molecule has 0 aromatic heterocycles. The Morgan fingerprint density at radius 1 is 1.10 bits per heavy atom. The van der Waals surface area contributed by atoms with Crippen molar-refractivity contribution in [3.63, 3.8) is 0 Å². The van der Waals surface area contributed by atoms with E-state index in [0.717, 1.165) is 5.75 Å². The van der Waals surface area contributed by atoms with Crippen molar-refractivity contribution in [2.45, 2.75) is 23.9 Å². The molecule has 0 aliphatic carbocycles. The van der Waals surface area contributed by atoms with Gasteiger partial charge in [-0.1, -0.05) is 24.3 Å². The van der Waals surface area contributed by atoms with Gasteiger partial charge in [-0.05, 0) is 30.7 Å². The average Bonchev–Trinajstić information content (AvgIpc) is 2.82. The molecule has 4 heteroatoms. The molecule has 0 radical (unpaired) electrons. The number of nitrogens with one attached hydrogen (secondary N) is 1. The Morgan fingerprint density at radius 2 is 1.80 bits per heavy atom. The van der Waals surface area contributed by atoms with Gasteiger partial charge in [-0.3, -0.25) is 0 Å². The molecule has 0 saturated carbocycles. The van der Waals surface area contributed by atoms with Crippen LogP contribution in [0.1, 0.15) is 30.1 Å². The zero-order valence-corrected chi connectivity index (χ0v) is 11.9. The van der Waals surface area contributed by atoms with Crippen molar-refractivity contribution < 1.29 is 8.78 Å². The molecule has 3 rings (SSSR count). The van der Waals surface area contributed by atoms with E-state index in [1.54, 1.807) is 18.7 Å². The first-order valence-electron chi connectivity index (χ1n) is 6.58. The largest absolute Gasteiger partial charge is 0.302 e. The molecule has 2 aromatic rings. The van der Waals surface area contributed by atoms with Gasteiger partial charge in [0.2, 0.25) is 0 Å². The van der Waals surface area contributed by atoms with Crippen molar-refractivity contribution in [1.29, 1.82) is 0 Å². The minimum Gasteiger partial charge on any atom is -0.302 e. The number of halogens is 2. The topological polar surface area (TPSA) is 12.0 Å². The van der Waals surface area contributed by atoms with Crippen LogP contribution in [0.5, 0.6) is 0 Å². The Hall–Kier alpha value is -1.39. The molecule has 0 amide bonds. The molecule has 2 aromatic carbocycles. The van der Waals surface area contributed by atoms with Gasteiger partial charge in [0.1, 0.15) is 11.6 Å². The molecule has 104 valence electrons. The number of rotatable bonds is 3. The molecule has 0 bridgehead atoms. The fourth-order valence-corrected chi connectivity index (χ4v) is 3.78. The smallest absolute Gasteiger partial charge is 0.130 e. The predicted octanol–water partition coefficient (Wildman–Crippen LogP) is 4.46. The van der Waals surface area contributed by atoms with Gasteiger partial charge in [0.05, 0.1) is 0 Å². The van der Waals surface area contributed by atoms with Gasteiger partial charge >= 0.3 is 0 Å². The Kier molecular flexibility index (Phi) is 3.76. The van der Waals surface area contributed by atoms with Crippen molar-refractivity contribution in [2.24, 2.45) is 0 Å². The van der Waals surface area contributed by atoms with Gasteiger partial charge < -0.3 is 5.32 Å². The van der Waals surface area contributed by atoms with Crippen LogP contribution in [0.25, 0.3) is 0 Å². The lowest BCUT2D eigenvalue weighted by molar-refractivity contribution is 0.453. The Bertz CT molecular complexity index is 609. The first kappa shape index (κ1) is 13.6. The molecular formula is C16H15F2NS. The van der Waals surface area contributed by atoms with E-state index in [4.69, 9.17) is 0 Å². The first-order valence-corrected chi connectivity index (χ1v) is 7.57. The third-order valence-electron chi connectivity index (χ3n) is 3.58. The summed E-state index contributed by atoms with van der Waals surface area (Å²) in [5.41, 5.74) is 1.32. The van der Waals surface area contributed by atoms with Crippen LogP contribution in [0.2, 0.25) is 0 Å². The summed E-state index contributed by atoms with van der Waals surface area (Å²) >= 11 is 1.77. The van der Waals surface area contributed by atoms with E-state index >= 15 is 0 Å². The number of hydrogen-bond donors (Lipinski definition) is 1. The lowest BCUT2D eigenvalue weighted by Crippen LogP contribution is -2.26. The lowest BCUT2D eigenvalue weighted by atomic mass is 10.0. The van der Waals surface area contributed by atoms with E-state index in [1.807, 2.05) is 12.1 Å². The number of fused-ring (bicyclic) bond motifs is 1. The maximum Gasteiger partial charge on any atom is 0.130 e. The van der Waals surface area contributed by atoms with Crippen LogP contribution >= 0.6 is 11.8 Å². The third-order valence-corrected chi connectivity index (χ3v) is 4.77. The zero-order chi connectivity index (χ0) is 14.1. The Labute approximate surface area is 121 Å². The Balaban J connectivity index is 1.82. The van der Waals surface area contributed by atoms with Crippen molar-refractivity contribution in [3.8, 4) is 0 Å². The summed E-state index contributed by atoms with van der Waals surface area (Å²) < 4.78 is 27.6. The summed E-state index contributed by atoms with van der Waals surface area (Å²) in [7, 11) is 0. The summed E-state index contributed by atoms with van der Waals surface area (Å²) in [6.45, 7) is 1.80. The molecule has 0 spiro atoms. The van der Waals surface area contributed by atoms with Gasteiger partial charge in [0.15, 0.2) is 0 Å². The molecule has 1 aliphatic rings. The molecule has 0 saturated heterocycles. The van der Waals surface area contributed by atoms with E-state index in [1.165, 1.54) is 28.7 Å².